The van der Waals surface area contributed by atoms with Crippen molar-refractivity contribution in [3.8, 4) is 11.5 Å². The van der Waals surface area contributed by atoms with Crippen LogP contribution in [0.3, 0.4) is 0 Å². The summed E-state index contributed by atoms with van der Waals surface area (Å²) in [6.07, 6.45) is 1.73. The molecule has 2 rings (SSSR count). The third-order valence-corrected chi connectivity index (χ3v) is 3.37. The standard InChI is InChI=1S/C15H14BrNO2/c1-10-3-5-12(6-4-10)17-9-11-7-15(19-2)14(18)8-13(11)16/h3-9,18H,1-2H3. The molecule has 4 heteroatoms. The highest BCUT2D eigenvalue weighted by molar-refractivity contribution is 9.10. The van der Waals surface area contributed by atoms with Crippen LogP contribution in [0.15, 0.2) is 45.9 Å². The van der Waals surface area contributed by atoms with Crippen LogP contribution in [0, 0.1) is 6.92 Å². The van der Waals surface area contributed by atoms with Gasteiger partial charge in [0.15, 0.2) is 11.5 Å². The highest BCUT2D eigenvalue weighted by atomic mass is 79.9. The Kier molecular flexibility index (Phi) is 4.22. The lowest BCUT2D eigenvalue weighted by molar-refractivity contribution is 0.373. The van der Waals surface area contributed by atoms with Gasteiger partial charge in [0.05, 0.1) is 12.8 Å². The van der Waals surface area contributed by atoms with Gasteiger partial charge in [-0.05, 0) is 47.1 Å². The van der Waals surface area contributed by atoms with Crippen LogP contribution in [0.2, 0.25) is 0 Å². The highest BCUT2D eigenvalue weighted by Gasteiger charge is 2.06. The zero-order chi connectivity index (χ0) is 13.8. The summed E-state index contributed by atoms with van der Waals surface area (Å²) in [6.45, 7) is 2.04. The van der Waals surface area contributed by atoms with Crippen molar-refractivity contribution in [2.45, 2.75) is 6.92 Å². The Balaban J connectivity index is 2.30. The Morgan fingerprint density at radius 1 is 1.21 bits per heavy atom. The van der Waals surface area contributed by atoms with E-state index in [-0.39, 0.29) is 5.75 Å². The predicted octanol–water partition coefficient (Wildman–Crippen LogP) is 4.22. The van der Waals surface area contributed by atoms with Crippen LogP contribution in [0.4, 0.5) is 5.69 Å². The number of ether oxygens (including phenoxy) is 1. The summed E-state index contributed by atoms with van der Waals surface area (Å²) in [5.74, 6) is 0.524. The van der Waals surface area contributed by atoms with Crippen molar-refractivity contribution in [3.63, 3.8) is 0 Å². The summed E-state index contributed by atoms with van der Waals surface area (Å²) in [6, 6.07) is 11.3. The maximum absolute atomic E-state index is 9.63. The molecule has 98 valence electrons. The van der Waals surface area contributed by atoms with E-state index in [1.165, 1.54) is 12.7 Å². The Morgan fingerprint density at radius 3 is 2.53 bits per heavy atom. The van der Waals surface area contributed by atoms with E-state index in [1.54, 1.807) is 18.3 Å². The summed E-state index contributed by atoms with van der Waals surface area (Å²) in [5.41, 5.74) is 2.92. The van der Waals surface area contributed by atoms with E-state index < -0.39 is 0 Å². The van der Waals surface area contributed by atoms with Gasteiger partial charge in [0, 0.05) is 16.3 Å². The average Bonchev–Trinajstić information content (AvgIpc) is 2.40. The fraction of sp³-hybridized carbons (Fsp3) is 0.133. The molecule has 2 aromatic carbocycles. The summed E-state index contributed by atoms with van der Waals surface area (Å²) in [5, 5.41) is 9.63. The molecule has 0 aliphatic carbocycles. The third-order valence-electron chi connectivity index (χ3n) is 2.68. The predicted molar refractivity (Wildman–Crippen MR) is 80.8 cm³/mol. The monoisotopic (exact) mass is 319 g/mol. The van der Waals surface area contributed by atoms with E-state index in [9.17, 15) is 5.11 Å². The Hall–Kier alpha value is -1.81. The summed E-state index contributed by atoms with van der Waals surface area (Å²) in [7, 11) is 1.52. The number of phenols is 1. The van der Waals surface area contributed by atoms with E-state index in [4.69, 9.17) is 4.74 Å². The molecule has 0 radical (unpaired) electrons. The highest BCUT2D eigenvalue weighted by Crippen LogP contribution is 2.31. The molecular formula is C15H14BrNO2. The maximum atomic E-state index is 9.63. The maximum Gasteiger partial charge on any atom is 0.161 e. The number of phenolic OH excluding ortho intramolecular Hbond substituents is 1. The van der Waals surface area contributed by atoms with Gasteiger partial charge in [-0.15, -0.1) is 0 Å². The molecule has 3 nitrogen and oxygen atoms in total. The van der Waals surface area contributed by atoms with E-state index >= 15 is 0 Å². The van der Waals surface area contributed by atoms with Crippen LogP contribution < -0.4 is 4.74 Å². The van der Waals surface area contributed by atoms with Crippen molar-refractivity contribution < 1.29 is 9.84 Å². The quantitative estimate of drug-likeness (QED) is 0.860. The number of halogens is 1. The fourth-order valence-corrected chi connectivity index (χ4v) is 2.03. The zero-order valence-electron chi connectivity index (χ0n) is 10.7. The molecule has 0 heterocycles. The number of hydrogen-bond donors (Lipinski definition) is 1. The van der Waals surface area contributed by atoms with Crippen LogP contribution in [-0.2, 0) is 0 Å². The van der Waals surface area contributed by atoms with Gasteiger partial charge in [-0.2, -0.15) is 0 Å². The molecule has 1 N–H and O–H groups in total. The Bertz CT molecular complexity index is 606. The van der Waals surface area contributed by atoms with Crippen LogP contribution in [0.5, 0.6) is 11.5 Å². The lowest BCUT2D eigenvalue weighted by atomic mass is 10.2. The number of methoxy groups -OCH3 is 1. The van der Waals surface area contributed by atoms with Gasteiger partial charge in [0.2, 0.25) is 0 Å². The van der Waals surface area contributed by atoms with Gasteiger partial charge in [0.25, 0.3) is 0 Å². The van der Waals surface area contributed by atoms with Crippen molar-refractivity contribution in [3.05, 3.63) is 52.0 Å². The third kappa shape index (κ3) is 3.35. The van der Waals surface area contributed by atoms with Gasteiger partial charge in [-0.1, -0.05) is 17.7 Å². The SMILES string of the molecule is COc1cc(C=Nc2ccc(C)cc2)c(Br)cc1O. The zero-order valence-corrected chi connectivity index (χ0v) is 12.3. The molecule has 0 fully saturated rings. The van der Waals surface area contributed by atoms with E-state index in [1.807, 2.05) is 31.2 Å². The van der Waals surface area contributed by atoms with Crippen LogP contribution in [0.1, 0.15) is 11.1 Å². The number of rotatable bonds is 3. The van der Waals surface area contributed by atoms with E-state index in [0.29, 0.717) is 5.75 Å². The fourth-order valence-electron chi connectivity index (χ4n) is 1.60. The molecule has 0 spiro atoms. The normalized spacial score (nSPS) is 10.9. The van der Waals surface area contributed by atoms with Gasteiger partial charge in [-0.25, -0.2) is 0 Å². The van der Waals surface area contributed by atoms with E-state index in [0.717, 1.165) is 15.7 Å². The Labute approximate surface area is 120 Å². The molecule has 19 heavy (non-hydrogen) atoms. The first-order valence-electron chi connectivity index (χ1n) is 5.77. The number of aryl methyl sites for hydroxylation is 1. The number of benzene rings is 2. The van der Waals surface area contributed by atoms with Crippen LogP contribution in [0.25, 0.3) is 0 Å². The van der Waals surface area contributed by atoms with E-state index in [2.05, 4.69) is 20.9 Å². The number of aromatic hydroxyl groups is 1. The number of hydrogen-bond acceptors (Lipinski definition) is 3. The molecule has 0 atom stereocenters. The molecule has 0 bridgehead atoms. The average molecular weight is 320 g/mol. The summed E-state index contributed by atoms with van der Waals surface area (Å²) >= 11 is 3.39. The summed E-state index contributed by atoms with van der Waals surface area (Å²) < 4.78 is 5.84. The van der Waals surface area contributed by atoms with Crippen LogP contribution in [-0.4, -0.2) is 18.4 Å². The van der Waals surface area contributed by atoms with Gasteiger partial charge in [-0.3, -0.25) is 4.99 Å². The second-order valence-corrected chi connectivity index (χ2v) is 4.99. The molecule has 0 aromatic heterocycles. The largest absolute Gasteiger partial charge is 0.504 e. The van der Waals surface area contributed by atoms with Gasteiger partial charge in [0.1, 0.15) is 0 Å². The molecule has 0 aliphatic heterocycles. The first-order chi connectivity index (χ1) is 9.10. The lowest BCUT2D eigenvalue weighted by Gasteiger charge is -2.06. The first kappa shape index (κ1) is 13.6. The second kappa shape index (κ2) is 5.89. The minimum Gasteiger partial charge on any atom is -0.504 e. The van der Waals surface area contributed by atoms with Crippen molar-refractivity contribution in [2.24, 2.45) is 4.99 Å². The molecule has 0 saturated carbocycles. The number of aliphatic imine (C=N–C) groups is 1. The molecule has 0 amide bonds. The smallest absolute Gasteiger partial charge is 0.161 e. The van der Waals surface area contributed by atoms with Crippen molar-refractivity contribution >= 4 is 27.8 Å². The lowest BCUT2D eigenvalue weighted by Crippen LogP contribution is -1.89. The Morgan fingerprint density at radius 2 is 1.89 bits per heavy atom. The minimum absolute atomic E-state index is 0.0989. The second-order valence-electron chi connectivity index (χ2n) is 4.14. The molecular weight excluding hydrogens is 306 g/mol. The van der Waals surface area contributed by atoms with Gasteiger partial charge < -0.3 is 9.84 Å². The molecule has 0 unspecified atom stereocenters. The molecule has 0 saturated heterocycles. The number of nitrogens with zero attached hydrogens (tertiary/aromatic N) is 1. The van der Waals surface area contributed by atoms with Gasteiger partial charge >= 0.3 is 0 Å². The van der Waals surface area contributed by atoms with Crippen molar-refractivity contribution in [1.82, 2.24) is 0 Å². The van der Waals surface area contributed by atoms with Crippen molar-refractivity contribution in [2.75, 3.05) is 7.11 Å². The molecule has 0 aliphatic rings. The topological polar surface area (TPSA) is 41.8 Å². The first-order valence-corrected chi connectivity index (χ1v) is 6.56. The van der Waals surface area contributed by atoms with Crippen LogP contribution >= 0.6 is 15.9 Å². The molecule has 2 aromatic rings. The minimum atomic E-state index is 0.0989. The summed E-state index contributed by atoms with van der Waals surface area (Å²) in [4.78, 5) is 4.39. The van der Waals surface area contributed by atoms with Crippen molar-refractivity contribution in [1.29, 1.82) is 0 Å².